The molecule has 118 valence electrons. The van der Waals surface area contributed by atoms with E-state index >= 15 is 0 Å². The van der Waals surface area contributed by atoms with Crippen LogP contribution < -0.4 is 0 Å². The predicted octanol–water partition coefficient (Wildman–Crippen LogP) is 4.05. The van der Waals surface area contributed by atoms with Crippen LogP contribution >= 0.6 is 27.5 Å². The number of carbonyl (C=O) groups is 2. The van der Waals surface area contributed by atoms with Crippen molar-refractivity contribution in [2.45, 2.75) is 0 Å². The number of nitrogens with zero attached hydrogens (tertiary/aromatic N) is 1. The summed E-state index contributed by atoms with van der Waals surface area (Å²) in [5, 5.41) is 10.7. The number of benzene rings is 2. The number of nitro groups is 1. The van der Waals surface area contributed by atoms with Crippen molar-refractivity contribution >= 4 is 45.0 Å². The molecule has 0 aliphatic rings. The molecule has 0 unspecified atom stereocenters. The van der Waals surface area contributed by atoms with Gasteiger partial charge in [-0.3, -0.25) is 14.9 Å². The third-order valence-electron chi connectivity index (χ3n) is 2.89. The van der Waals surface area contributed by atoms with Gasteiger partial charge in [-0.15, -0.1) is 0 Å². The lowest BCUT2D eigenvalue weighted by Gasteiger charge is -2.06. The number of ketones is 1. The molecule has 8 heteroatoms. The van der Waals surface area contributed by atoms with Crippen molar-refractivity contribution in [3.05, 3.63) is 73.2 Å². The summed E-state index contributed by atoms with van der Waals surface area (Å²) in [5.74, 6) is -1.24. The third kappa shape index (κ3) is 4.14. The first-order valence-corrected chi connectivity index (χ1v) is 7.46. The van der Waals surface area contributed by atoms with E-state index in [0.29, 0.717) is 10.0 Å². The van der Waals surface area contributed by atoms with Gasteiger partial charge in [-0.05, 0) is 18.2 Å². The van der Waals surface area contributed by atoms with Gasteiger partial charge in [0.05, 0.1) is 10.5 Å². The molecule has 0 fully saturated rings. The van der Waals surface area contributed by atoms with Gasteiger partial charge in [0, 0.05) is 16.1 Å². The van der Waals surface area contributed by atoms with Gasteiger partial charge in [0.2, 0.25) is 5.78 Å². The first kappa shape index (κ1) is 17.1. The maximum absolute atomic E-state index is 12.0. The van der Waals surface area contributed by atoms with Crippen LogP contribution in [-0.2, 0) is 4.74 Å². The number of ether oxygens (including phenoxy) is 1. The van der Waals surface area contributed by atoms with Gasteiger partial charge < -0.3 is 4.74 Å². The van der Waals surface area contributed by atoms with Crippen molar-refractivity contribution in [1.29, 1.82) is 0 Å². The molecule has 0 amide bonds. The molecule has 2 aromatic rings. The van der Waals surface area contributed by atoms with E-state index in [1.54, 1.807) is 24.3 Å². The normalized spacial score (nSPS) is 10.2. The minimum absolute atomic E-state index is 0.0546. The Labute approximate surface area is 144 Å². The van der Waals surface area contributed by atoms with Crippen molar-refractivity contribution in [1.82, 2.24) is 0 Å². The summed E-state index contributed by atoms with van der Waals surface area (Å²) in [7, 11) is 0. The van der Waals surface area contributed by atoms with Crippen LogP contribution in [0, 0.1) is 10.1 Å². The zero-order chi connectivity index (χ0) is 17.0. The number of esters is 1. The van der Waals surface area contributed by atoms with Crippen molar-refractivity contribution in [3.63, 3.8) is 0 Å². The topological polar surface area (TPSA) is 86.5 Å². The Hall–Kier alpha value is -2.25. The first-order chi connectivity index (χ1) is 10.9. The second kappa shape index (κ2) is 7.34. The molecular weight excluding hydrogens is 390 g/mol. The van der Waals surface area contributed by atoms with Crippen LogP contribution in [-0.4, -0.2) is 23.3 Å². The number of hydrogen-bond acceptors (Lipinski definition) is 5. The highest BCUT2D eigenvalue weighted by Gasteiger charge is 2.18. The second-order valence-corrected chi connectivity index (χ2v) is 5.66. The average molecular weight is 399 g/mol. The maximum atomic E-state index is 12.0. The van der Waals surface area contributed by atoms with Gasteiger partial charge in [-0.2, -0.15) is 0 Å². The smallest absolute Gasteiger partial charge is 0.338 e. The van der Waals surface area contributed by atoms with Crippen LogP contribution in [0.5, 0.6) is 0 Å². The molecule has 23 heavy (non-hydrogen) atoms. The van der Waals surface area contributed by atoms with E-state index in [9.17, 15) is 19.7 Å². The molecule has 2 aromatic carbocycles. The summed E-state index contributed by atoms with van der Waals surface area (Å²) >= 11 is 8.90. The van der Waals surface area contributed by atoms with E-state index in [1.165, 1.54) is 12.1 Å². The zero-order valence-electron chi connectivity index (χ0n) is 11.5. The summed E-state index contributed by atoms with van der Waals surface area (Å²) in [4.78, 5) is 34.0. The molecule has 2 rings (SSSR count). The minimum Gasteiger partial charge on any atom is -0.454 e. The molecule has 0 heterocycles. The number of nitro benzene ring substituents is 1. The molecule has 0 saturated carbocycles. The Morgan fingerprint density at radius 2 is 1.91 bits per heavy atom. The molecule has 6 nitrogen and oxygen atoms in total. The first-order valence-electron chi connectivity index (χ1n) is 6.29. The zero-order valence-corrected chi connectivity index (χ0v) is 13.8. The summed E-state index contributed by atoms with van der Waals surface area (Å²) in [6.07, 6.45) is 0. The SMILES string of the molecule is O=C(OCC(=O)c1ccccc1Br)c1ccc(Cl)c([N+](=O)[O-])c1. The van der Waals surface area contributed by atoms with Gasteiger partial charge in [0.1, 0.15) is 5.02 Å². The summed E-state index contributed by atoms with van der Waals surface area (Å²) in [5.41, 5.74) is -0.0818. The van der Waals surface area contributed by atoms with E-state index < -0.39 is 29.0 Å². The minimum atomic E-state index is -0.842. The standard InChI is InChI=1S/C15H9BrClNO5/c16-11-4-2-1-3-10(11)14(19)8-23-15(20)9-5-6-12(17)13(7-9)18(21)22/h1-7H,8H2. The molecule has 0 bridgehead atoms. The fourth-order valence-electron chi connectivity index (χ4n) is 1.76. The summed E-state index contributed by atoms with van der Waals surface area (Å²) in [6, 6.07) is 10.2. The highest BCUT2D eigenvalue weighted by molar-refractivity contribution is 9.10. The number of Topliss-reactive ketones (excluding diaryl/α,β-unsaturated/α-hetero) is 1. The molecule has 0 aliphatic heterocycles. The second-order valence-electron chi connectivity index (χ2n) is 4.40. The lowest BCUT2D eigenvalue weighted by atomic mass is 10.1. The fourth-order valence-corrected chi connectivity index (χ4v) is 2.45. The van der Waals surface area contributed by atoms with Crippen LogP contribution in [0.3, 0.4) is 0 Å². The number of rotatable bonds is 5. The van der Waals surface area contributed by atoms with Crippen molar-refractivity contribution in [2.75, 3.05) is 6.61 Å². The molecule has 0 spiro atoms. The van der Waals surface area contributed by atoms with E-state index in [1.807, 2.05) is 0 Å². The molecule has 0 atom stereocenters. The highest BCUT2D eigenvalue weighted by atomic mass is 79.9. The Morgan fingerprint density at radius 3 is 2.57 bits per heavy atom. The lowest BCUT2D eigenvalue weighted by Crippen LogP contribution is -2.14. The fraction of sp³-hybridized carbons (Fsp3) is 0.0667. The van der Waals surface area contributed by atoms with E-state index in [2.05, 4.69) is 15.9 Å². The lowest BCUT2D eigenvalue weighted by molar-refractivity contribution is -0.384. The molecular formula is C15H9BrClNO5. The Morgan fingerprint density at radius 1 is 1.22 bits per heavy atom. The van der Waals surface area contributed by atoms with Gasteiger partial charge in [0.25, 0.3) is 5.69 Å². The van der Waals surface area contributed by atoms with Crippen molar-refractivity contribution in [2.24, 2.45) is 0 Å². The van der Waals surface area contributed by atoms with Crippen LogP contribution in [0.25, 0.3) is 0 Å². The molecule has 0 saturated heterocycles. The molecule has 0 aliphatic carbocycles. The largest absolute Gasteiger partial charge is 0.454 e. The van der Waals surface area contributed by atoms with Crippen molar-refractivity contribution < 1.29 is 19.2 Å². The molecule has 0 radical (unpaired) electrons. The van der Waals surface area contributed by atoms with Gasteiger partial charge in [0.15, 0.2) is 6.61 Å². The van der Waals surface area contributed by atoms with Crippen LogP contribution in [0.4, 0.5) is 5.69 Å². The van der Waals surface area contributed by atoms with E-state index in [4.69, 9.17) is 16.3 Å². The maximum Gasteiger partial charge on any atom is 0.338 e. The number of hydrogen-bond donors (Lipinski definition) is 0. The molecule has 0 aromatic heterocycles. The van der Waals surface area contributed by atoms with E-state index in [-0.39, 0.29) is 10.6 Å². The number of halogens is 2. The predicted molar refractivity (Wildman–Crippen MR) is 86.9 cm³/mol. The van der Waals surface area contributed by atoms with Crippen molar-refractivity contribution in [3.8, 4) is 0 Å². The summed E-state index contributed by atoms with van der Waals surface area (Å²) < 4.78 is 5.49. The Kier molecular flexibility index (Phi) is 5.46. The average Bonchev–Trinajstić information content (AvgIpc) is 2.52. The number of carbonyl (C=O) groups excluding carboxylic acids is 2. The van der Waals surface area contributed by atoms with Crippen LogP contribution in [0.1, 0.15) is 20.7 Å². The third-order valence-corrected chi connectivity index (χ3v) is 3.90. The van der Waals surface area contributed by atoms with Gasteiger partial charge >= 0.3 is 5.97 Å². The quantitative estimate of drug-likeness (QED) is 0.328. The van der Waals surface area contributed by atoms with Crippen LogP contribution in [0.15, 0.2) is 46.9 Å². The molecule has 0 N–H and O–H groups in total. The monoisotopic (exact) mass is 397 g/mol. The van der Waals surface area contributed by atoms with Crippen LogP contribution in [0.2, 0.25) is 5.02 Å². The van der Waals surface area contributed by atoms with Gasteiger partial charge in [-0.25, -0.2) is 4.79 Å². The van der Waals surface area contributed by atoms with E-state index in [0.717, 1.165) is 6.07 Å². The summed E-state index contributed by atoms with van der Waals surface area (Å²) in [6.45, 7) is -0.474. The highest BCUT2D eigenvalue weighted by Crippen LogP contribution is 2.25. The van der Waals surface area contributed by atoms with Gasteiger partial charge in [-0.1, -0.05) is 45.7 Å². The Bertz CT molecular complexity index is 793. The Balaban J connectivity index is 2.08.